The van der Waals surface area contributed by atoms with E-state index < -0.39 is 0 Å². The topological polar surface area (TPSA) is 85.8 Å². The third-order valence-electron chi connectivity index (χ3n) is 5.57. The molecule has 0 bridgehead atoms. The standard InChI is InChI=1S/C25H20ClN5O2/c1-14-4-6-18(29-24-11-22(33-30-24)16-5-7-23(26)28-12-16)10-19(14)20-9-17-13-27-15(2)8-21(17)31(3)25(20)32/h4-13H,1-3H3,(H,29,30). The van der Waals surface area contributed by atoms with Gasteiger partial charge in [-0.15, -0.1) is 0 Å². The number of halogens is 1. The van der Waals surface area contributed by atoms with Crippen LogP contribution < -0.4 is 10.9 Å². The predicted octanol–water partition coefficient (Wildman–Crippen LogP) is 5.66. The molecule has 0 amide bonds. The predicted molar refractivity (Wildman–Crippen MR) is 130 cm³/mol. The van der Waals surface area contributed by atoms with Gasteiger partial charge in [0.1, 0.15) is 5.15 Å². The summed E-state index contributed by atoms with van der Waals surface area (Å²) < 4.78 is 7.11. The highest BCUT2D eigenvalue weighted by Crippen LogP contribution is 2.29. The van der Waals surface area contributed by atoms with Crippen molar-refractivity contribution >= 4 is 34.0 Å². The molecule has 0 fully saturated rings. The van der Waals surface area contributed by atoms with Crippen LogP contribution in [0.15, 0.2) is 70.2 Å². The molecule has 0 aliphatic carbocycles. The van der Waals surface area contributed by atoms with E-state index >= 15 is 0 Å². The molecule has 0 radical (unpaired) electrons. The number of hydrogen-bond acceptors (Lipinski definition) is 6. The average Bonchev–Trinajstić information content (AvgIpc) is 3.27. The minimum atomic E-state index is -0.0627. The molecule has 1 N–H and O–H groups in total. The lowest BCUT2D eigenvalue weighted by molar-refractivity contribution is 0.435. The van der Waals surface area contributed by atoms with Crippen molar-refractivity contribution in [2.45, 2.75) is 13.8 Å². The van der Waals surface area contributed by atoms with E-state index in [-0.39, 0.29) is 5.56 Å². The second kappa shape index (κ2) is 8.18. The van der Waals surface area contributed by atoms with E-state index in [0.29, 0.717) is 22.3 Å². The van der Waals surface area contributed by atoms with Crippen LogP contribution in [0.4, 0.5) is 11.5 Å². The van der Waals surface area contributed by atoms with Crippen molar-refractivity contribution in [2.24, 2.45) is 7.05 Å². The molecule has 1 aromatic carbocycles. The van der Waals surface area contributed by atoms with Crippen LogP contribution in [-0.2, 0) is 7.05 Å². The van der Waals surface area contributed by atoms with Gasteiger partial charge >= 0.3 is 0 Å². The molecule has 0 aliphatic heterocycles. The highest BCUT2D eigenvalue weighted by atomic mass is 35.5. The van der Waals surface area contributed by atoms with Gasteiger partial charge in [-0.25, -0.2) is 4.98 Å². The van der Waals surface area contributed by atoms with Crippen molar-refractivity contribution in [2.75, 3.05) is 5.32 Å². The first-order valence-corrected chi connectivity index (χ1v) is 10.7. The van der Waals surface area contributed by atoms with Gasteiger partial charge in [-0.2, -0.15) is 0 Å². The molecule has 0 aliphatic rings. The summed E-state index contributed by atoms with van der Waals surface area (Å²) >= 11 is 5.85. The number of nitrogens with one attached hydrogen (secondary N) is 1. The maximum Gasteiger partial charge on any atom is 0.258 e. The molecule has 4 aromatic heterocycles. The summed E-state index contributed by atoms with van der Waals surface area (Å²) in [4.78, 5) is 21.6. The summed E-state index contributed by atoms with van der Waals surface area (Å²) in [5, 5.41) is 8.67. The second-order valence-corrected chi connectivity index (χ2v) is 8.29. The SMILES string of the molecule is Cc1cc2c(cn1)cc(-c1cc(Nc3cc(-c4ccc(Cl)nc4)on3)ccc1C)c(=O)n2C. The number of fused-ring (bicyclic) bond motifs is 1. The normalized spacial score (nSPS) is 11.2. The van der Waals surface area contributed by atoms with Gasteiger partial charge in [0, 0.05) is 53.4 Å². The number of benzene rings is 1. The molecule has 0 spiro atoms. The Morgan fingerprint density at radius 1 is 0.970 bits per heavy atom. The van der Waals surface area contributed by atoms with E-state index in [2.05, 4.69) is 20.4 Å². The lowest BCUT2D eigenvalue weighted by Gasteiger charge is -2.13. The van der Waals surface area contributed by atoms with Crippen molar-refractivity contribution in [3.8, 4) is 22.5 Å². The first-order valence-electron chi connectivity index (χ1n) is 10.3. The van der Waals surface area contributed by atoms with Crippen LogP contribution in [-0.4, -0.2) is 19.7 Å². The van der Waals surface area contributed by atoms with Crippen LogP contribution in [0.25, 0.3) is 33.4 Å². The first-order chi connectivity index (χ1) is 15.9. The Labute approximate surface area is 194 Å². The maximum absolute atomic E-state index is 13.2. The molecule has 0 saturated carbocycles. The second-order valence-electron chi connectivity index (χ2n) is 7.91. The number of aryl methyl sites for hydroxylation is 3. The first kappa shape index (κ1) is 20.9. The molecular weight excluding hydrogens is 438 g/mol. The third-order valence-corrected chi connectivity index (χ3v) is 5.79. The van der Waals surface area contributed by atoms with Crippen molar-refractivity contribution in [3.63, 3.8) is 0 Å². The Bertz CT molecular complexity index is 1550. The third kappa shape index (κ3) is 3.99. The Hall–Kier alpha value is -3.97. The minimum absolute atomic E-state index is 0.0627. The Balaban J connectivity index is 1.51. The molecule has 164 valence electrons. The van der Waals surface area contributed by atoms with Gasteiger partial charge in [-0.1, -0.05) is 22.8 Å². The number of pyridine rings is 3. The lowest BCUT2D eigenvalue weighted by Crippen LogP contribution is -2.19. The molecule has 0 saturated heterocycles. The highest BCUT2D eigenvalue weighted by Gasteiger charge is 2.13. The van der Waals surface area contributed by atoms with Crippen molar-refractivity contribution in [1.82, 2.24) is 19.7 Å². The van der Waals surface area contributed by atoms with E-state index in [0.717, 1.165) is 39.0 Å². The van der Waals surface area contributed by atoms with E-state index in [9.17, 15) is 4.79 Å². The smallest absolute Gasteiger partial charge is 0.258 e. The highest BCUT2D eigenvalue weighted by molar-refractivity contribution is 6.29. The quantitative estimate of drug-likeness (QED) is 0.350. The molecule has 5 rings (SSSR count). The fourth-order valence-corrected chi connectivity index (χ4v) is 3.90. The van der Waals surface area contributed by atoms with Gasteiger partial charge in [0.2, 0.25) is 0 Å². The molecule has 0 unspecified atom stereocenters. The molecule has 7 nitrogen and oxygen atoms in total. The van der Waals surface area contributed by atoms with Crippen LogP contribution in [0.3, 0.4) is 0 Å². The summed E-state index contributed by atoms with van der Waals surface area (Å²) in [6.45, 7) is 3.90. The van der Waals surface area contributed by atoms with Gasteiger partial charge < -0.3 is 14.4 Å². The van der Waals surface area contributed by atoms with E-state index in [1.165, 1.54) is 0 Å². The summed E-state index contributed by atoms with van der Waals surface area (Å²) in [6.07, 6.45) is 3.43. The minimum Gasteiger partial charge on any atom is -0.354 e. The molecular formula is C25H20ClN5O2. The van der Waals surface area contributed by atoms with Crippen LogP contribution >= 0.6 is 11.6 Å². The van der Waals surface area contributed by atoms with Gasteiger partial charge in [-0.3, -0.25) is 9.78 Å². The lowest BCUT2D eigenvalue weighted by atomic mass is 9.99. The van der Waals surface area contributed by atoms with Crippen LogP contribution in [0, 0.1) is 13.8 Å². The fourth-order valence-electron chi connectivity index (χ4n) is 3.79. The Morgan fingerprint density at radius 2 is 1.82 bits per heavy atom. The molecule has 33 heavy (non-hydrogen) atoms. The zero-order valence-electron chi connectivity index (χ0n) is 18.3. The maximum atomic E-state index is 13.2. The number of aromatic nitrogens is 4. The average molecular weight is 458 g/mol. The molecule has 8 heteroatoms. The van der Waals surface area contributed by atoms with Gasteiger partial charge in [0.25, 0.3) is 5.56 Å². The zero-order valence-corrected chi connectivity index (χ0v) is 19.0. The van der Waals surface area contributed by atoms with E-state index in [1.807, 2.05) is 50.2 Å². The summed E-state index contributed by atoms with van der Waals surface area (Å²) in [5.74, 6) is 1.11. The van der Waals surface area contributed by atoms with Crippen molar-refractivity contribution in [3.05, 3.63) is 87.7 Å². The molecule has 4 heterocycles. The Morgan fingerprint density at radius 3 is 2.61 bits per heavy atom. The van der Waals surface area contributed by atoms with Crippen molar-refractivity contribution in [1.29, 1.82) is 0 Å². The van der Waals surface area contributed by atoms with Crippen LogP contribution in [0.5, 0.6) is 0 Å². The van der Waals surface area contributed by atoms with Crippen LogP contribution in [0.1, 0.15) is 11.3 Å². The largest absolute Gasteiger partial charge is 0.354 e. The van der Waals surface area contributed by atoms with E-state index in [1.54, 1.807) is 36.1 Å². The monoisotopic (exact) mass is 457 g/mol. The van der Waals surface area contributed by atoms with Gasteiger partial charge in [-0.05, 0) is 61.4 Å². The number of hydrogen-bond donors (Lipinski definition) is 1. The molecule has 5 aromatic rings. The van der Waals surface area contributed by atoms with Gasteiger partial charge in [0.15, 0.2) is 11.6 Å². The summed E-state index contributed by atoms with van der Waals surface area (Å²) in [6, 6.07) is 15.0. The van der Waals surface area contributed by atoms with Gasteiger partial charge in [0.05, 0.1) is 5.52 Å². The fraction of sp³-hybridized carbons (Fsp3) is 0.120. The Kier molecular flexibility index (Phi) is 5.18. The summed E-state index contributed by atoms with van der Waals surface area (Å²) in [5.41, 5.74) is 5.67. The zero-order chi connectivity index (χ0) is 23.1. The van der Waals surface area contributed by atoms with Crippen LogP contribution in [0.2, 0.25) is 5.15 Å². The summed E-state index contributed by atoms with van der Waals surface area (Å²) in [7, 11) is 1.79. The number of rotatable bonds is 4. The van der Waals surface area contributed by atoms with Crippen molar-refractivity contribution < 1.29 is 4.52 Å². The number of nitrogens with zero attached hydrogens (tertiary/aromatic N) is 4. The molecule has 0 atom stereocenters. The van der Waals surface area contributed by atoms with E-state index in [4.69, 9.17) is 16.1 Å². The number of anilines is 2.